The van der Waals surface area contributed by atoms with Gasteiger partial charge in [0.1, 0.15) is 34.1 Å². The first-order valence-electron chi connectivity index (χ1n) is 20.0. The molecule has 0 atom stereocenters. The molecule has 0 bridgehead atoms. The number of carbonyl (C=O) groups is 2. The Kier molecular flexibility index (Phi) is 11.0. The smallest absolute Gasteiger partial charge is 0.205 e. The Morgan fingerprint density at radius 1 is 0.409 bits per heavy atom. The van der Waals surface area contributed by atoms with Gasteiger partial charge in [-0.05, 0) is 113 Å². The fourth-order valence-electron chi connectivity index (χ4n) is 8.37. The van der Waals surface area contributed by atoms with Gasteiger partial charge in [0.15, 0.2) is 46.5 Å². The molecule has 0 unspecified atom stereocenters. The number of hydrogen-bond donors (Lipinski definition) is 0. The molecule has 0 saturated heterocycles. The SMILES string of the molecule is COc1ccc(C2(c3ccc(Oc4c(F)c(F)c(C(=O)c5ccc(Oc6ccc(C(=O)c7c(F)c(F)c(C)c(F)c7F)cc6)cc5)c(F)c4F)cc3)c3ccccc3-c3ccccc32)cc1. The van der Waals surface area contributed by atoms with Crippen molar-refractivity contribution in [1.82, 2.24) is 0 Å². The van der Waals surface area contributed by atoms with E-state index < -0.39 is 86.0 Å². The molecule has 0 saturated carbocycles. The van der Waals surface area contributed by atoms with Gasteiger partial charge < -0.3 is 14.2 Å². The van der Waals surface area contributed by atoms with E-state index in [0.717, 1.165) is 64.6 Å². The summed E-state index contributed by atoms with van der Waals surface area (Å²) >= 11 is 0. The van der Waals surface area contributed by atoms with E-state index >= 15 is 17.6 Å². The van der Waals surface area contributed by atoms with Gasteiger partial charge in [0.2, 0.25) is 17.4 Å². The molecule has 0 heterocycles. The Morgan fingerprint density at radius 3 is 1.17 bits per heavy atom. The number of ether oxygens (including phenoxy) is 3. The lowest BCUT2D eigenvalue weighted by atomic mass is 9.68. The molecule has 13 heteroatoms. The highest BCUT2D eigenvalue weighted by molar-refractivity contribution is 6.10. The first kappa shape index (κ1) is 43.2. The van der Waals surface area contributed by atoms with Crippen molar-refractivity contribution in [3.05, 3.63) is 242 Å². The third kappa shape index (κ3) is 6.94. The van der Waals surface area contributed by atoms with Crippen molar-refractivity contribution in [1.29, 1.82) is 0 Å². The van der Waals surface area contributed by atoms with Crippen LogP contribution in [0, 0.1) is 53.5 Å². The molecule has 1 aliphatic rings. The van der Waals surface area contributed by atoms with Crippen LogP contribution in [0.1, 0.15) is 59.7 Å². The average molecular weight is 899 g/mol. The zero-order valence-electron chi connectivity index (χ0n) is 34.4. The van der Waals surface area contributed by atoms with E-state index in [1.165, 1.54) is 36.4 Å². The summed E-state index contributed by atoms with van der Waals surface area (Å²) in [6.07, 6.45) is 0. The standard InChI is InChI=1S/C53H30F8O5/c1-27-42(54)44(56)40(45(57)43(27)55)50(62)28-11-19-33(20-12-28)65-34-21-13-29(14-22-34)51(63)41-46(58)48(60)52(49(61)47(41)59)66-35-25-17-31(18-26-35)53(30-15-23-32(64-2)24-16-30)38-9-5-3-7-36(38)37-8-4-6-10-39(37)53/h3-26H,1-2H3. The quantitative estimate of drug-likeness (QED) is 0.0735. The maximum Gasteiger partial charge on any atom is 0.205 e. The molecule has 0 aliphatic heterocycles. The molecule has 8 aromatic rings. The minimum atomic E-state index is -1.99. The predicted octanol–water partition coefficient (Wildman–Crippen LogP) is 13.5. The maximum absolute atomic E-state index is 15.7. The summed E-state index contributed by atoms with van der Waals surface area (Å²) in [6, 6.07) is 38.8. The van der Waals surface area contributed by atoms with Crippen LogP contribution in [-0.4, -0.2) is 18.7 Å². The van der Waals surface area contributed by atoms with Crippen LogP contribution in [0.15, 0.2) is 146 Å². The van der Waals surface area contributed by atoms with Gasteiger partial charge in [0.05, 0.1) is 12.5 Å². The Balaban J connectivity index is 0.949. The van der Waals surface area contributed by atoms with Crippen LogP contribution >= 0.6 is 0 Å². The second-order valence-electron chi connectivity index (χ2n) is 15.2. The molecule has 5 nitrogen and oxygen atoms in total. The number of carbonyl (C=O) groups excluding carboxylic acids is 2. The number of halogens is 8. The third-order valence-electron chi connectivity index (χ3n) is 11.6. The van der Waals surface area contributed by atoms with E-state index in [0.29, 0.717) is 5.75 Å². The molecule has 1 aliphatic carbocycles. The molecule has 0 aromatic heterocycles. The lowest BCUT2D eigenvalue weighted by Crippen LogP contribution is -2.28. The van der Waals surface area contributed by atoms with Crippen LogP contribution in [0.3, 0.4) is 0 Å². The summed E-state index contributed by atoms with van der Waals surface area (Å²) in [6.45, 7) is 0.818. The number of fused-ring (bicyclic) bond motifs is 3. The molecule has 0 spiro atoms. The van der Waals surface area contributed by atoms with E-state index in [4.69, 9.17) is 14.2 Å². The van der Waals surface area contributed by atoms with Gasteiger partial charge in [-0.3, -0.25) is 9.59 Å². The zero-order chi connectivity index (χ0) is 46.6. The average Bonchev–Trinajstić information content (AvgIpc) is 3.65. The van der Waals surface area contributed by atoms with Gasteiger partial charge in [-0.1, -0.05) is 72.8 Å². The molecular weight excluding hydrogens is 869 g/mol. The predicted molar refractivity (Wildman–Crippen MR) is 227 cm³/mol. The summed E-state index contributed by atoms with van der Waals surface area (Å²) in [4.78, 5) is 26.1. The first-order chi connectivity index (χ1) is 31.8. The van der Waals surface area contributed by atoms with Crippen molar-refractivity contribution < 1.29 is 58.9 Å². The number of methoxy groups -OCH3 is 1. The van der Waals surface area contributed by atoms with E-state index in [9.17, 15) is 27.2 Å². The van der Waals surface area contributed by atoms with Crippen LogP contribution in [0.5, 0.6) is 28.7 Å². The van der Waals surface area contributed by atoms with Crippen molar-refractivity contribution in [2.24, 2.45) is 0 Å². The summed E-state index contributed by atoms with van der Waals surface area (Å²) in [5.74, 6) is -18.5. The maximum atomic E-state index is 15.7. The van der Waals surface area contributed by atoms with Crippen molar-refractivity contribution >= 4 is 11.6 Å². The van der Waals surface area contributed by atoms with Crippen molar-refractivity contribution in [3.8, 4) is 39.9 Å². The van der Waals surface area contributed by atoms with E-state index in [1.54, 1.807) is 19.2 Å². The van der Waals surface area contributed by atoms with Crippen LogP contribution in [0.4, 0.5) is 35.1 Å². The lowest BCUT2D eigenvalue weighted by Gasteiger charge is -2.34. The summed E-state index contributed by atoms with van der Waals surface area (Å²) in [7, 11) is 1.57. The van der Waals surface area contributed by atoms with Crippen LogP contribution in [0.25, 0.3) is 11.1 Å². The Bertz CT molecular complexity index is 3140. The zero-order valence-corrected chi connectivity index (χ0v) is 34.4. The van der Waals surface area contributed by atoms with Crippen molar-refractivity contribution in [3.63, 3.8) is 0 Å². The summed E-state index contributed by atoms with van der Waals surface area (Å²) < 4.78 is 136. The third-order valence-corrected chi connectivity index (χ3v) is 11.6. The van der Waals surface area contributed by atoms with E-state index in [1.807, 2.05) is 72.8 Å². The number of hydrogen-bond acceptors (Lipinski definition) is 5. The molecule has 8 aromatic carbocycles. The number of rotatable bonds is 11. The van der Waals surface area contributed by atoms with Gasteiger partial charge in [-0.15, -0.1) is 0 Å². The highest BCUT2D eigenvalue weighted by Crippen LogP contribution is 2.56. The molecule has 328 valence electrons. The highest BCUT2D eigenvalue weighted by Gasteiger charge is 2.46. The first-order valence-corrected chi connectivity index (χ1v) is 20.0. The second-order valence-corrected chi connectivity index (χ2v) is 15.2. The van der Waals surface area contributed by atoms with Gasteiger partial charge in [-0.2, -0.15) is 8.78 Å². The lowest BCUT2D eigenvalue weighted by molar-refractivity contribution is 0.102. The topological polar surface area (TPSA) is 61.8 Å². The molecule has 9 rings (SSSR count). The van der Waals surface area contributed by atoms with Gasteiger partial charge in [0, 0.05) is 16.7 Å². The highest BCUT2D eigenvalue weighted by atomic mass is 19.2. The van der Waals surface area contributed by atoms with Crippen molar-refractivity contribution in [2.45, 2.75) is 12.3 Å². The Labute approximate surface area is 371 Å². The Hall–Kier alpha value is -8.06. The fraction of sp³-hybridized carbons (Fsp3) is 0.0566. The molecule has 0 fully saturated rings. The molecule has 0 radical (unpaired) electrons. The van der Waals surface area contributed by atoms with Crippen molar-refractivity contribution in [2.75, 3.05) is 7.11 Å². The largest absolute Gasteiger partial charge is 0.497 e. The minimum absolute atomic E-state index is 0.0368. The normalized spacial score (nSPS) is 12.3. The second kappa shape index (κ2) is 16.8. The van der Waals surface area contributed by atoms with Gasteiger partial charge in [0.25, 0.3) is 0 Å². The summed E-state index contributed by atoms with van der Waals surface area (Å²) in [5, 5.41) is 0. The van der Waals surface area contributed by atoms with Gasteiger partial charge >= 0.3 is 0 Å². The van der Waals surface area contributed by atoms with E-state index in [-0.39, 0.29) is 28.4 Å². The molecule has 66 heavy (non-hydrogen) atoms. The van der Waals surface area contributed by atoms with Crippen LogP contribution in [0.2, 0.25) is 0 Å². The van der Waals surface area contributed by atoms with Crippen LogP contribution in [-0.2, 0) is 5.41 Å². The molecule has 0 N–H and O–H groups in total. The monoisotopic (exact) mass is 898 g/mol. The van der Waals surface area contributed by atoms with E-state index in [2.05, 4.69) is 0 Å². The molecule has 0 amide bonds. The Morgan fingerprint density at radius 2 is 0.758 bits per heavy atom. The fourth-order valence-corrected chi connectivity index (χ4v) is 8.37. The number of benzene rings is 8. The molecular formula is C53H30F8O5. The summed E-state index contributed by atoms with van der Waals surface area (Å²) in [5.41, 5.74) is 0.211. The number of ketones is 2. The van der Waals surface area contributed by atoms with Gasteiger partial charge in [-0.25, -0.2) is 26.3 Å². The van der Waals surface area contributed by atoms with Crippen LogP contribution < -0.4 is 14.2 Å². The minimum Gasteiger partial charge on any atom is -0.497 e.